The van der Waals surface area contributed by atoms with Gasteiger partial charge in [0.15, 0.2) is 5.82 Å². The van der Waals surface area contributed by atoms with Gasteiger partial charge in [0.25, 0.3) is 0 Å². The lowest BCUT2D eigenvalue weighted by Crippen LogP contribution is -2.50. The lowest BCUT2D eigenvalue weighted by Gasteiger charge is -2.36. The van der Waals surface area contributed by atoms with Crippen molar-refractivity contribution in [3.05, 3.63) is 30.5 Å². The van der Waals surface area contributed by atoms with Crippen LogP contribution in [0, 0.1) is 17.2 Å². The molecule has 1 saturated heterocycles. The van der Waals surface area contributed by atoms with Crippen molar-refractivity contribution < 1.29 is 23.9 Å². The number of amides is 2. The van der Waals surface area contributed by atoms with Crippen molar-refractivity contribution in [2.75, 3.05) is 42.5 Å². The Morgan fingerprint density at radius 3 is 2.02 bits per heavy atom. The highest BCUT2D eigenvalue weighted by Gasteiger charge is 2.31. The molecule has 1 aliphatic heterocycles. The van der Waals surface area contributed by atoms with Gasteiger partial charge in [0.2, 0.25) is 5.91 Å². The van der Waals surface area contributed by atoms with Gasteiger partial charge in [-0.1, -0.05) is 26.0 Å². The first-order valence-corrected chi connectivity index (χ1v) is 14.6. The SMILES string of the molecule is CC(C)CC(C(N)=O)N(CC#N)c1nn(C(=O)OC(C)(C)C)cc1-c1ccc(N2CCN(C(=O)OC(C)(C)C)CC2)cc1. The average molecular weight is 596 g/mol. The van der Waals surface area contributed by atoms with Crippen molar-refractivity contribution in [1.82, 2.24) is 14.7 Å². The van der Waals surface area contributed by atoms with Gasteiger partial charge in [-0.3, -0.25) is 4.79 Å². The molecular formula is C31H45N7O5. The van der Waals surface area contributed by atoms with Gasteiger partial charge >= 0.3 is 12.2 Å². The molecule has 2 aromatic rings. The first-order chi connectivity index (χ1) is 20.0. The van der Waals surface area contributed by atoms with Crippen LogP contribution < -0.4 is 15.5 Å². The zero-order valence-electron chi connectivity index (χ0n) is 26.6. The highest BCUT2D eigenvalue weighted by Crippen LogP contribution is 2.34. The van der Waals surface area contributed by atoms with Crippen molar-refractivity contribution in [2.45, 2.75) is 79.1 Å². The maximum Gasteiger partial charge on any atom is 0.435 e. The number of benzene rings is 1. The van der Waals surface area contributed by atoms with Gasteiger partial charge < -0.3 is 29.9 Å². The number of rotatable bonds is 8. The maximum atomic E-state index is 13.0. The summed E-state index contributed by atoms with van der Waals surface area (Å²) in [4.78, 5) is 43.5. The number of carbonyl (C=O) groups excluding carboxylic acids is 3. The standard InChI is InChI=1S/C31H45N7O5/c1-21(2)19-25(26(33)39)37(14-13-32)27-24(20-38(34-27)29(41)43-31(6,7)8)22-9-11-23(12-10-22)35-15-17-36(18-16-35)28(40)42-30(3,4)5/h9-12,20-21,25H,14-19H2,1-8H3,(H2,33,39). The Bertz CT molecular complexity index is 1320. The molecule has 0 saturated carbocycles. The molecule has 0 bridgehead atoms. The fraction of sp³-hybridized carbons (Fsp3) is 0.581. The molecule has 0 spiro atoms. The fourth-order valence-electron chi connectivity index (χ4n) is 4.76. The van der Waals surface area contributed by atoms with Gasteiger partial charge in [0, 0.05) is 43.6 Å². The first-order valence-electron chi connectivity index (χ1n) is 14.6. The van der Waals surface area contributed by atoms with Crippen molar-refractivity contribution in [3.8, 4) is 17.2 Å². The number of carbonyl (C=O) groups is 3. The smallest absolute Gasteiger partial charge is 0.435 e. The number of ether oxygens (including phenoxy) is 2. The molecule has 2 amide bonds. The predicted molar refractivity (Wildman–Crippen MR) is 165 cm³/mol. The summed E-state index contributed by atoms with van der Waals surface area (Å²) in [6.07, 6.45) is 0.960. The molecule has 3 rings (SSSR count). The summed E-state index contributed by atoms with van der Waals surface area (Å²) in [5, 5.41) is 14.2. The summed E-state index contributed by atoms with van der Waals surface area (Å²) in [5.74, 6) is -0.177. The van der Waals surface area contributed by atoms with Crippen LogP contribution in [0.5, 0.6) is 0 Å². The van der Waals surface area contributed by atoms with E-state index in [1.54, 1.807) is 36.8 Å². The van der Waals surface area contributed by atoms with Gasteiger partial charge in [-0.05, 0) is 71.6 Å². The van der Waals surface area contributed by atoms with Gasteiger partial charge in [-0.15, -0.1) is 5.10 Å². The normalized spacial score (nSPS) is 14.7. The Morgan fingerprint density at radius 1 is 0.977 bits per heavy atom. The molecule has 12 nitrogen and oxygen atoms in total. The topological polar surface area (TPSA) is 147 Å². The minimum atomic E-state index is -0.805. The highest BCUT2D eigenvalue weighted by atomic mass is 16.6. The van der Waals surface area contributed by atoms with Gasteiger partial charge in [-0.2, -0.15) is 9.94 Å². The van der Waals surface area contributed by atoms with Crippen LogP contribution in [-0.2, 0) is 14.3 Å². The number of hydrogen-bond donors (Lipinski definition) is 1. The van der Waals surface area contributed by atoms with Crippen LogP contribution in [0.2, 0.25) is 0 Å². The average Bonchev–Trinajstić information content (AvgIpc) is 3.34. The maximum absolute atomic E-state index is 13.0. The lowest BCUT2D eigenvalue weighted by atomic mass is 10.0. The summed E-state index contributed by atoms with van der Waals surface area (Å²) in [5.41, 5.74) is 6.76. The largest absolute Gasteiger partial charge is 0.444 e. The molecule has 1 aromatic heterocycles. The van der Waals surface area contributed by atoms with E-state index in [0.717, 1.165) is 15.9 Å². The van der Waals surface area contributed by atoms with E-state index in [1.807, 2.05) is 58.9 Å². The second kappa shape index (κ2) is 13.4. The molecule has 12 heteroatoms. The lowest BCUT2D eigenvalue weighted by molar-refractivity contribution is -0.119. The van der Waals surface area contributed by atoms with Crippen LogP contribution in [0.1, 0.15) is 61.8 Å². The number of nitrogens with zero attached hydrogens (tertiary/aromatic N) is 6. The van der Waals surface area contributed by atoms with E-state index in [-0.39, 0.29) is 24.4 Å². The number of aromatic nitrogens is 2. The summed E-state index contributed by atoms with van der Waals surface area (Å²) in [6, 6.07) is 9.04. The molecule has 43 heavy (non-hydrogen) atoms. The minimum Gasteiger partial charge on any atom is -0.444 e. The van der Waals surface area contributed by atoms with Crippen molar-refractivity contribution >= 4 is 29.6 Å². The Labute approximate surface area is 254 Å². The second-order valence-corrected chi connectivity index (χ2v) is 13.1. The van der Waals surface area contributed by atoms with E-state index in [2.05, 4.69) is 16.1 Å². The molecule has 2 N–H and O–H groups in total. The number of nitriles is 1. The molecule has 1 unspecified atom stereocenters. The summed E-state index contributed by atoms with van der Waals surface area (Å²) >= 11 is 0. The van der Waals surface area contributed by atoms with Gasteiger partial charge in [0.1, 0.15) is 23.8 Å². The number of piperazine rings is 1. The van der Waals surface area contributed by atoms with Crippen molar-refractivity contribution in [3.63, 3.8) is 0 Å². The molecule has 1 aromatic carbocycles. The molecule has 1 atom stereocenters. The van der Waals surface area contributed by atoms with Crippen LogP contribution in [0.15, 0.2) is 30.5 Å². The van der Waals surface area contributed by atoms with Crippen LogP contribution in [0.3, 0.4) is 0 Å². The van der Waals surface area contributed by atoms with E-state index < -0.39 is 29.2 Å². The van der Waals surface area contributed by atoms with Crippen LogP contribution >= 0.6 is 0 Å². The third-order valence-corrected chi connectivity index (χ3v) is 6.66. The summed E-state index contributed by atoms with van der Waals surface area (Å²) in [6.45, 7) is 17.0. The molecule has 1 fully saturated rings. The van der Waals surface area contributed by atoms with Gasteiger partial charge in [-0.25, -0.2) is 9.59 Å². The van der Waals surface area contributed by atoms with Crippen molar-refractivity contribution in [1.29, 1.82) is 5.26 Å². The van der Waals surface area contributed by atoms with E-state index in [9.17, 15) is 19.6 Å². The van der Waals surface area contributed by atoms with Crippen LogP contribution in [0.4, 0.5) is 21.1 Å². The zero-order chi connectivity index (χ0) is 32.1. The Kier molecular flexibility index (Phi) is 10.3. The van der Waals surface area contributed by atoms with E-state index >= 15 is 0 Å². The number of primary amides is 1. The highest BCUT2D eigenvalue weighted by molar-refractivity contribution is 5.87. The predicted octanol–water partition coefficient (Wildman–Crippen LogP) is 4.62. The van der Waals surface area contributed by atoms with E-state index in [1.165, 1.54) is 0 Å². The Balaban J connectivity index is 1.93. The fourth-order valence-corrected chi connectivity index (χ4v) is 4.76. The monoisotopic (exact) mass is 595 g/mol. The number of nitrogens with two attached hydrogens (primary N) is 1. The molecular weight excluding hydrogens is 550 g/mol. The third-order valence-electron chi connectivity index (χ3n) is 6.66. The summed E-state index contributed by atoms with van der Waals surface area (Å²) in [7, 11) is 0. The third kappa shape index (κ3) is 9.11. The summed E-state index contributed by atoms with van der Waals surface area (Å²) < 4.78 is 12.1. The molecule has 0 radical (unpaired) electrons. The zero-order valence-corrected chi connectivity index (χ0v) is 26.6. The second-order valence-electron chi connectivity index (χ2n) is 13.1. The molecule has 1 aliphatic rings. The molecule has 0 aliphatic carbocycles. The molecule has 234 valence electrons. The van der Waals surface area contributed by atoms with Crippen LogP contribution in [-0.4, -0.2) is 82.7 Å². The molecule has 2 heterocycles. The number of hydrogen-bond acceptors (Lipinski definition) is 9. The van der Waals surface area contributed by atoms with Gasteiger partial charge in [0.05, 0.1) is 6.07 Å². The number of anilines is 2. The van der Waals surface area contributed by atoms with E-state index in [4.69, 9.17) is 15.2 Å². The van der Waals surface area contributed by atoms with Crippen molar-refractivity contribution in [2.24, 2.45) is 11.7 Å². The minimum absolute atomic E-state index is 0.116. The van der Waals surface area contributed by atoms with Crippen LogP contribution in [0.25, 0.3) is 11.1 Å². The first kappa shape index (κ1) is 33.2. The Morgan fingerprint density at radius 2 is 1.53 bits per heavy atom. The van der Waals surface area contributed by atoms with E-state index in [0.29, 0.717) is 38.2 Å². The quantitative estimate of drug-likeness (QED) is 0.432. The Hall–Kier alpha value is -4.27.